The molecule has 0 unspecified atom stereocenters. The maximum absolute atomic E-state index is 6.64. The molecule has 11 rings (SSSR count). The van der Waals surface area contributed by atoms with E-state index in [2.05, 4.69) is 175 Å². The highest BCUT2D eigenvalue weighted by atomic mass is 32.1. The number of furan rings is 1. The number of rotatable bonds is 4. The van der Waals surface area contributed by atoms with Gasteiger partial charge in [0, 0.05) is 37.6 Å². The first-order chi connectivity index (χ1) is 25.3. The number of hydrogen-bond acceptors (Lipinski definition) is 3. The van der Waals surface area contributed by atoms with Crippen molar-refractivity contribution >= 4 is 103 Å². The lowest BCUT2D eigenvalue weighted by Gasteiger charge is -2.27. The number of thiophene rings is 1. The van der Waals surface area contributed by atoms with Crippen LogP contribution in [-0.2, 0) is 0 Å². The maximum atomic E-state index is 6.64. The molecule has 0 aliphatic heterocycles. The Balaban J connectivity index is 1.17. The Hall–Kier alpha value is -6.42. The number of nitrogens with zero attached hydrogens (tertiary/aromatic N) is 1. The summed E-state index contributed by atoms with van der Waals surface area (Å²) in [5, 5.41) is 12.4. The highest BCUT2D eigenvalue weighted by molar-refractivity contribution is 7.26. The van der Waals surface area contributed by atoms with E-state index >= 15 is 0 Å². The summed E-state index contributed by atoms with van der Waals surface area (Å²) in [5.41, 5.74) is 7.58. The molecule has 0 atom stereocenters. The third kappa shape index (κ3) is 4.29. The first-order valence-electron chi connectivity index (χ1n) is 17.3. The van der Waals surface area contributed by atoms with Gasteiger partial charge in [0.15, 0.2) is 0 Å². The number of anilines is 3. The van der Waals surface area contributed by atoms with Crippen LogP contribution in [0, 0.1) is 0 Å². The van der Waals surface area contributed by atoms with Gasteiger partial charge in [0.1, 0.15) is 11.2 Å². The zero-order valence-corrected chi connectivity index (χ0v) is 28.3. The summed E-state index contributed by atoms with van der Waals surface area (Å²) in [7, 11) is 0. The Kier molecular flexibility index (Phi) is 6.16. The van der Waals surface area contributed by atoms with Gasteiger partial charge in [-0.25, -0.2) is 0 Å². The Labute approximate surface area is 298 Å². The van der Waals surface area contributed by atoms with Crippen molar-refractivity contribution in [1.29, 1.82) is 0 Å². The van der Waals surface area contributed by atoms with Gasteiger partial charge in [-0.15, -0.1) is 11.3 Å². The van der Waals surface area contributed by atoms with Crippen molar-refractivity contribution in [2.75, 3.05) is 4.90 Å². The summed E-state index contributed by atoms with van der Waals surface area (Å²) in [6.07, 6.45) is 0. The number of benzene rings is 9. The third-order valence-electron chi connectivity index (χ3n) is 10.4. The molecule has 9 aromatic carbocycles. The molecule has 0 fully saturated rings. The van der Waals surface area contributed by atoms with Crippen molar-refractivity contribution in [3.8, 4) is 11.1 Å². The van der Waals surface area contributed by atoms with Crippen LogP contribution in [0.25, 0.3) is 85.6 Å². The summed E-state index contributed by atoms with van der Waals surface area (Å²) in [6, 6.07) is 63.7. The predicted molar refractivity (Wildman–Crippen MR) is 219 cm³/mol. The van der Waals surface area contributed by atoms with Gasteiger partial charge >= 0.3 is 0 Å². The zero-order valence-electron chi connectivity index (χ0n) is 27.5. The lowest BCUT2D eigenvalue weighted by atomic mass is 9.92. The van der Waals surface area contributed by atoms with E-state index in [0.717, 1.165) is 39.0 Å². The van der Waals surface area contributed by atoms with Crippen molar-refractivity contribution in [2.45, 2.75) is 0 Å². The van der Waals surface area contributed by atoms with Crippen LogP contribution >= 0.6 is 11.3 Å². The predicted octanol–water partition coefficient (Wildman–Crippen LogP) is 14.6. The fraction of sp³-hybridized carbons (Fsp3) is 0. The van der Waals surface area contributed by atoms with E-state index in [1.807, 2.05) is 17.4 Å². The molecule has 0 spiro atoms. The second kappa shape index (κ2) is 11.0. The molecule has 51 heavy (non-hydrogen) atoms. The first kappa shape index (κ1) is 28.4. The van der Waals surface area contributed by atoms with Crippen LogP contribution in [0.1, 0.15) is 0 Å². The van der Waals surface area contributed by atoms with E-state index in [0.29, 0.717) is 0 Å². The van der Waals surface area contributed by atoms with Crippen LogP contribution in [0.3, 0.4) is 0 Å². The molecule has 0 saturated heterocycles. The molecular weight excluding hydrogens is 639 g/mol. The fourth-order valence-electron chi connectivity index (χ4n) is 8.13. The quantitative estimate of drug-likeness (QED) is 0.174. The lowest BCUT2D eigenvalue weighted by Crippen LogP contribution is -2.10. The van der Waals surface area contributed by atoms with E-state index < -0.39 is 0 Å². The fourth-order valence-corrected chi connectivity index (χ4v) is 9.34. The third-order valence-corrected chi connectivity index (χ3v) is 11.6. The van der Waals surface area contributed by atoms with E-state index in [1.54, 1.807) is 0 Å². The molecule has 0 bridgehead atoms. The minimum atomic E-state index is 0.908. The highest BCUT2D eigenvalue weighted by Gasteiger charge is 2.23. The Morgan fingerprint density at radius 3 is 1.75 bits per heavy atom. The van der Waals surface area contributed by atoms with Crippen molar-refractivity contribution in [3.63, 3.8) is 0 Å². The summed E-state index contributed by atoms with van der Waals surface area (Å²) in [6.45, 7) is 0. The molecule has 0 N–H and O–H groups in total. The zero-order chi connectivity index (χ0) is 33.5. The summed E-state index contributed by atoms with van der Waals surface area (Å²) in [5.74, 6) is 0. The number of hydrogen-bond donors (Lipinski definition) is 0. The summed E-state index contributed by atoms with van der Waals surface area (Å²) in [4.78, 5) is 2.42. The Bertz CT molecular complexity index is 3120. The smallest absolute Gasteiger partial charge is 0.144 e. The lowest BCUT2D eigenvalue weighted by molar-refractivity contribution is 0.673. The van der Waals surface area contributed by atoms with Crippen LogP contribution < -0.4 is 4.90 Å². The van der Waals surface area contributed by atoms with Crippen LogP contribution in [0.15, 0.2) is 180 Å². The van der Waals surface area contributed by atoms with Crippen molar-refractivity contribution in [1.82, 2.24) is 0 Å². The second-order valence-corrected chi connectivity index (χ2v) is 14.3. The van der Waals surface area contributed by atoms with Gasteiger partial charge in [0.05, 0.1) is 10.4 Å². The molecule has 3 heteroatoms. The SMILES string of the molecule is c1ccc(N(c2cccc(-c3ccc4c5ccccc5c5ccccc5c4c3)c2)c2cc3c4ccccc4oc3c3c2sc2ccccc23)cc1. The summed E-state index contributed by atoms with van der Waals surface area (Å²) < 4.78 is 9.09. The monoisotopic (exact) mass is 667 g/mol. The molecule has 2 aromatic heterocycles. The van der Waals surface area contributed by atoms with Gasteiger partial charge in [-0.05, 0) is 92.0 Å². The molecule has 0 aliphatic rings. The first-order valence-corrected chi connectivity index (χ1v) is 18.2. The summed E-state index contributed by atoms with van der Waals surface area (Å²) >= 11 is 1.83. The molecule has 238 valence electrons. The van der Waals surface area contributed by atoms with E-state index in [9.17, 15) is 0 Å². The van der Waals surface area contributed by atoms with Crippen LogP contribution in [0.5, 0.6) is 0 Å². The normalized spacial score (nSPS) is 11.9. The van der Waals surface area contributed by atoms with Gasteiger partial charge in [-0.2, -0.15) is 0 Å². The largest absolute Gasteiger partial charge is 0.455 e. The van der Waals surface area contributed by atoms with E-state index in [-0.39, 0.29) is 0 Å². The minimum absolute atomic E-state index is 0.908. The van der Waals surface area contributed by atoms with E-state index in [4.69, 9.17) is 4.42 Å². The molecule has 2 nitrogen and oxygen atoms in total. The van der Waals surface area contributed by atoms with Crippen molar-refractivity contribution in [2.24, 2.45) is 0 Å². The van der Waals surface area contributed by atoms with Crippen LogP contribution in [-0.4, -0.2) is 0 Å². The molecule has 0 saturated carbocycles. The standard InChI is InChI=1S/C48H29NOS/c1-2-14-32(15-3-1)49(43-29-42-39-21-8-10-23-44(39)50-47(42)46-40-22-9-11-24-45(40)51-48(43)46)33-16-12-13-30(27-33)31-25-26-38-36-19-5-4-17-34(36)35-18-6-7-20-37(35)41(38)28-31/h1-29H. The minimum Gasteiger partial charge on any atom is -0.455 e. The van der Waals surface area contributed by atoms with Gasteiger partial charge in [-0.1, -0.05) is 127 Å². The maximum Gasteiger partial charge on any atom is 0.144 e. The molecule has 0 aliphatic carbocycles. The Morgan fingerprint density at radius 1 is 0.392 bits per heavy atom. The molecule has 0 radical (unpaired) electrons. The molecule has 0 amide bonds. The topological polar surface area (TPSA) is 16.4 Å². The van der Waals surface area contributed by atoms with Crippen LogP contribution in [0.2, 0.25) is 0 Å². The number of fused-ring (bicyclic) bond motifs is 13. The van der Waals surface area contributed by atoms with Crippen LogP contribution in [0.4, 0.5) is 17.1 Å². The highest BCUT2D eigenvalue weighted by Crippen LogP contribution is 2.50. The number of para-hydroxylation sites is 2. The Morgan fingerprint density at radius 2 is 0.980 bits per heavy atom. The van der Waals surface area contributed by atoms with Gasteiger partial charge in [0.2, 0.25) is 0 Å². The molecule has 11 aromatic rings. The van der Waals surface area contributed by atoms with Crippen molar-refractivity contribution < 1.29 is 4.42 Å². The average molecular weight is 668 g/mol. The van der Waals surface area contributed by atoms with Gasteiger partial charge in [0.25, 0.3) is 0 Å². The second-order valence-electron chi connectivity index (χ2n) is 13.2. The van der Waals surface area contributed by atoms with Gasteiger partial charge in [-0.3, -0.25) is 0 Å². The van der Waals surface area contributed by atoms with E-state index in [1.165, 1.54) is 63.6 Å². The van der Waals surface area contributed by atoms with Crippen molar-refractivity contribution in [3.05, 3.63) is 176 Å². The molecule has 2 heterocycles. The molecular formula is C48H29NOS. The average Bonchev–Trinajstić information content (AvgIpc) is 3.77. The van der Waals surface area contributed by atoms with Gasteiger partial charge < -0.3 is 9.32 Å².